The van der Waals surface area contributed by atoms with Gasteiger partial charge in [-0.25, -0.2) is 0 Å². The van der Waals surface area contributed by atoms with E-state index in [1.807, 2.05) is 6.92 Å². The van der Waals surface area contributed by atoms with Crippen LogP contribution in [0.2, 0.25) is 5.02 Å². The monoisotopic (exact) mass is 267 g/mol. The maximum Gasteiger partial charge on any atom is 0.308 e. The molecular formula is C13H14ClNO3. The number of aliphatic carboxylic acids is 1. The van der Waals surface area contributed by atoms with Crippen molar-refractivity contribution in [2.75, 3.05) is 13.1 Å². The fourth-order valence-electron chi connectivity index (χ4n) is 2.23. The van der Waals surface area contributed by atoms with Gasteiger partial charge in [-0.15, -0.1) is 0 Å². The molecule has 0 aliphatic carbocycles. The number of carboxylic acids is 1. The zero-order valence-electron chi connectivity index (χ0n) is 9.97. The summed E-state index contributed by atoms with van der Waals surface area (Å²) in [6.07, 6.45) is 0. The highest BCUT2D eigenvalue weighted by atomic mass is 35.5. The molecule has 0 aromatic heterocycles. The van der Waals surface area contributed by atoms with E-state index in [1.54, 1.807) is 29.2 Å². The summed E-state index contributed by atoms with van der Waals surface area (Å²) in [4.78, 5) is 24.8. The van der Waals surface area contributed by atoms with E-state index in [2.05, 4.69) is 0 Å². The predicted molar refractivity (Wildman–Crippen MR) is 67.6 cm³/mol. The Morgan fingerprint density at radius 2 is 1.89 bits per heavy atom. The number of nitrogens with zero attached hydrogens (tertiary/aromatic N) is 1. The smallest absolute Gasteiger partial charge is 0.308 e. The highest BCUT2D eigenvalue weighted by Gasteiger charge is 2.37. The van der Waals surface area contributed by atoms with Crippen molar-refractivity contribution in [1.29, 1.82) is 0 Å². The van der Waals surface area contributed by atoms with Gasteiger partial charge in [0.25, 0.3) is 5.91 Å². The summed E-state index contributed by atoms with van der Waals surface area (Å²) in [5.41, 5.74) is 0.539. The van der Waals surface area contributed by atoms with Crippen LogP contribution in [0.15, 0.2) is 24.3 Å². The molecule has 1 aliphatic rings. The summed E-state index contributed by atoms with van der Waals surface area (Å²) >= 11 is 5.76. The van der Waals surface area contributed by atoms with Crippen LogP contribution in [0.25, 0.3) is 0 Å². The molecule has 1 aliphatic heterocycles. The van der Waals surface area contributed by atoms with Gasteiger partial charge in [0, 0.05) is 23.7 Å². The third-order valence-electron chi connectivity index (χ3n) is 3.31. The first-order chi connectivity index (χ1) is 8.49. The summed E-state index contributed by atoms with van der Waals surface area (Å²) in [6.45, 7) is 2.62. The average molecular weight is 268 g/mol. The van der Waals surface area contributed by atoms with Gasteiger partial charge in [-0.05, 0) is 30.2 Å². The maximum absolute atomic E-state index is 12.2. The van der Waals surface area contributed by atoms with Gasteiger partial charge in [-0.2, -0.15) is 0 Å². The third kappa shape index (κ3) is 2.48. The van der Waals surface area contributed by atoms with Crippen LogP contribution in [0, 0.1) is 11.8 Å². The van der Waals surface area contributed by atoms with E-state index in [4.69, 9.17) is 16.7 Å². The minimum Gasteiger partial charge on any atom is -0.481 e. The van der Waals surface area contributed by atoms with E-state index < -0.39 is 11.9 Å². The van der Waals surface area contributed by atoms with Crippen LogP contribution in [0.3, 0.4) is 0 Å². The lowest BCUT2D eigenvalue weighted by Crippen LogP contribution is -2.29. The standard InChI is InChI=1S/C13H14ClNO3/c1-8-6-15(7-11(8)13(17)18)12(16)9-2-4-10(14)5-3-9/h2-5,8,11H,6-7H2,1H3,(H,17,18)/t8-,11-/m1/s1. The van der Waals surface area contributed by atoms with Crippen LogP contribution < -0.4 is 0 Å². The Balaban J connectivity index is 2.12. The minimum absolute atomic E-state index is 0.0150. The first-order valence-corrected chi connectivity index (χ1v) is 6.14. The Morgan fingerprint density at radius 1 is 1.28 bits per heavy atom. The summed E-state index contributed by atoms with van der Waals surface area (Å²) in [5.74, 6) is -1.46. The van der Waals surface area contributed by atoms with Crippen LogP contribution in [-0.4, -0.2) is 35.0 Å². The van der Waals surface area contributed by atoms with E-state index in [0.717, 1.165) is 0 Å². The number of likely N-dealkylation sites (tertiary alicyclic amines) is 1. The van der Waals surface area contributed by atoms with Gasteiger partial charge in [0.05, 0.1) is 5.92 Å². The minimum atomic E-state index is -0.839. The van der Waals surface area contributed by atoms with Crippen molar-refractivity contribution in [3.63, 3.8) is 0 Å². The maximum atomic E-state index is 12.2. The predicted octanol–water partition coefficient (Wildman–Crippen LogP) is 2.13. The molecule has 1 saturated heterocycles. The van der Waals surface area contributed by atoms with E-state index in [0.29, 0.717) is 17.1 Å². The zero-order valence-corrected chi connectivity index (χ0v) is 10.7. The van der Waals surface area contributed by atoms with Crippen molar-refractivity contribution >= 4 is 23.5 Å². The van der Waals surface area contributed by atoms with E-state index in [-0.39, 0.29) is 18.4 Å². The number of hydrogen-bond acceptors (Lipinski definition) is 2. The van der Waals surface area contributed by atoms with Crippen molar-refractivity contribution in [3.05, 3.63) is 34.9 Å². The first kappa shape index (κ1) is 12.9. The van der Waals surface area contributed by atoms with Crippen molar-refractivity contribution in [2.45, 2.75) is 6.92 Å². The molecule has 1 aromatic carbocycles. The number of rotatable bonds is 2. The Hall–Kier alpha value is -1.55. The number of carbonyl (C=O) groups is 2. The van der Waals surface area contributed by atoms with Crippen LogP contribution in [-0.2, 0) is 4.79 Å². The second-order valence-electron chi connectivity index (χ2n) is 4.64. The van der Waals surface area contributed by atoms with E-state index in [1.165, 1.54) is 0 Å². The summed E-state index contributed by atoms with van der Waals surface area (Å²) in [7, 11) is 0. The lowest BCUT2D eigenvalue weighted by Gasteiger charge is -2.15. The number of carbonyl (C=O) groups excluding carboxylic acids is 1. The van der Waals surface area contributed by atoms with Gasteiger partial charge in [-0.3, -0.25) is 9.59 Å². The zero-order chi connectivity index (χ0) is 13.3. The molecule has 96 valence electrons. The van der Waals surface area contributed by atoms with Crippen LogP contribution >= 0.6 is 11.6 Å². The molecule has 0 unspecified atom stereocenters. The molecule has 0 saturated carbocycles. The highest BCUT2D eigenvalue weighted by molar-refractivity contribution is 6.30. The second kappa shape index (κ2) is 4.98. The van der Waals surface area contributed by atoms with Crippen molar-refractivity contribution in [2.24, 2.45) is 11.8 Å². The van der Waals surface area contributed by atoms with Gasteiger partial charge in [0.15, 0.2) is 0 Å². The molecule has 1 heterocycles. The quantitative estimate of drug-likeness (QED) is 0.893. The van der Waals surface area contributed by atoms with Gasteiger partial charge < -0.3 is 10.0 Å². The first-order valence-electron chi connectivity index (χ1n) is 5.76. The highest BCUT2D eigenvalue weighted by Crippen LogP contribution is 2.25. The molecule has 1 amide bonds. The molecular weight excluding hydrogens is 254 g/mol. The van der Waals surface area contributed by atoms with Gasteiger partial charge in [0.2, 0.25) is 0 Å². The number of halogens is 1. The van der Waals surface area contributed by atoms with Gasteiger partial charge >= 0.3 is 5.97 Å². The lowest BCUT2D eigenvalue weighted by atomic mass is 9.99. The van der Waals surface area contributed by atoms with Crippen molar-refractivity contribution in [1.82, 2.24) is 4.90 Å². The van der Waals surface area contributed by atoms with Gasteiger partial charge in [-0.1, -0.05) is 18.5 Å². The Kier molecular flexibility index (Phi) is 3.57. The lowest BCUT2D eigenvalue weighted by molar-refractivity contribution is -0.142. The molecule has 5 heteroatoms. The number of amides is 1. The third-order valence-corrected chi connectivity index (χ3v) is 3.56. The van der Waals surface area contributed by atoms with E-state index in [9.17, 15) is 9.59 Å². The Bertz CT molecular complexity index is 472. The average Bonchev–Trinajstić information content (AvgIpc) is 2.71. The number of carboxylic acid groups (broad SMARTS) is 1. The van der Waals surface area contributed by atoms with Gasteiger partial charge in [0.1, 0.15) is 0 Å². The molecule has 0 radical (unpaired) electrons. The topological polar surface area (TPSA) is 57.6 Å². The Morgan fingerprint density at radius 3 is 2.39 bits per heavy atom. The van der Waals surface area contributed by atoms with E-state index >= 15 is 0 Å². The summed E-state index contributed by atoms with van der Waals surface area (Å²) < 4.78 is 0. The molecule has 0 spiro atoms. The molecule has 2 atom stereocenters. The summed E-state index contributed by atoms with van der Waals surface area (Å²) in [5, 5.41) is 9.61. The van der Waals surface area contributed by atoms with Crippen LogP contribution in [0.1, 0.15) is 17.3 Å². The second-order valence-corrected chi connectivity index (χ2v) is 5.08. The fourth-order valence-corrected chi connectivity index (χ4v) is 2.36. The molecule has 0 bridgehead atoms. The van der Waals surface area contributed by atoms with Crippen LogP contribution in [0.4, 0.5) is 0 Å². The number of benzene rings is 1. The Labute approximate surface area is 110 Å². The molecule has 2 rings (SSSR count). The molecule has 4 nitrogen and oxygen atoms in total. The van der Waals surface area contributed by atoms with Crippen molar-refractivity contribution in [3.8, 4) is 0 Å². The molecule has 1 N–H and O–H groups in total. The molecule has 1 aromatic rings. The fraction of sp³-hybridized carbons (Fsp3) is 0.385. The molecule has 1 fully saturated rings. The number of hydrogen-bond donors (Lipinski definition) is 1. The SMILES string of the molecule is C[C@@H]1CN(C(=O)c2ccc(Cl)cc2)C[C@H]1C(=O)O. The largest absolute Gasteiger partial charge is 0.481 e. The normalized spacial score (nSPS) is 23.1. The van der Waals surface area contributed by atoms with Crippen LogP contribution in [0.5, 0.6) is 0 Å². The summed E-state index contributed by atoms with van der Waals surface area (Å²) in [6, 6.07) is 6.62. The molecule has 18 heavy (non-hydrogen) atoms. The van der Waals surface area contributed by atoms with Crippen molar-refractivity contribution < 1.29 is 14.7 Å².